The van der Waals surface area contributed by atoms with Crippen molar-refractivity contribution in [3.05, 3.63) is 101 Å². The minimum absolute atomic E-state index is 0.134. The van der Waals surface area contributed by atoms with Gasteiger partial charge in [-0.2, -0.15) is 0 Å². The van der Waals surface area contributed by atoms with Gasteiger partial charge in [0.15, 0.2) is 0 Å². The largest absolute Gasteiger partial charge is 0.352 e. The Hall–Kier alpha value is -3.18. The summed E-state index contributed by atoms with van der Waals surface area (Å²) >= 11 is 6.23. The lowest BCUT2D eigenvalue weighted by Gasteiger charge is -2.12. The van der Waals surface area contributed by atoms with E-state index in [9.17, 15) is 9.18 Å². The molecule has 0 fully saturated rings. The molecular weight excluding hydrogens is 389 g/mol. The number of rotatable bonds is 6. The van der Waals surface area contributed by atoms with E-state index in [1.165, 1.54) is 6.07 Å². The van der Waals surface area contributed by atoms with Crippen molar-refractivity contribution in [3.63, 3.8) is 0 Å². The number of aromatic nitrogens is 2. The van der Waals surface area contributed by atoms with Crippen LogP contribution in [0, 0.1) is 5.82 Å². The standard InChI is InChI=1S/C23H19ClFN3O/c24-18-9-6-10-19(25)17(18)15-28-21-12-5-4-11-20(21)27-22(28)13-14-26-23(29)16-7-2-1-3-8-16/h1-12H,13-15H2,(H,26,29). The molecule has 0 aliphatic heterocycles. The maximum Gasteiger partial charge on any atom is 0.251 e. The Labute approximate surface area is 173 Å². The fourth-order valence-electron chi connectivity index (χ4n) is 3.31. The monoisotopic (exact) mass is 407 g/mol. The van der Waals surface area contributed by atoms with E-state index in [1.54, 1.807) is 24.3 Å². The van der Waals surface area contributed by atoms with E-state index < -0.39 is 0 Å². The molecule has 0 saturated heterocycles. The predicted molar refractivity (Wildman–Crippen MR) is 113 cm³/mol. The van der Waals surface area contributed by atoms with Crippen molar-refractivity contribution < 1.29 is 9.18 Å². The summed E-state index contributed by atoms with van der Waals surface area (Å²) < 4.78 is 16.3. The Kier molecular flexibility index (Phi) is 5.58. The maximum absolute atomic E-state index is 14.3. The molecule has 0 unspecified atom stereocenters. The van der Waals surface area contributed by atoms with Crippen molar-refractivity contribution in [2.24, 2.45) is 0 Å². The first-order valence-corrected chi connectivity index (χ1v) is 9.71. The first kappa shape index (κ1) is 19.2. The van der Waals surface area contributed by atoms with Gasteiger partial charge in [0.1, 0.15) is 11.6 Å². The summed E-state index contributed by atoms with van der Waals surface area (Å²) in [4.78, 5) is 17.0. The third-order valence-corrected chi connectivity index (χ3v) is 5.14. The number of hydrogen-bond donors (Lipinski definition) is 1. The second-order valence-electron chi connectivity index (χ2n) is 6.68. The van der Waals surface area contributed by atoms with Crippen LogP contribution in [0.2, 0.25) is 5.02 Å². The van der Waals surface area contributed by atoms with Crippen molar-refractivity contribution in [1.82, 2.24) is 14.9 Å². The molecule has 6 heteroatoms. The molecule has 0 bridgehead atoms. The van der Waals surface area contributed by atoms with Crippen molar-refractivity contribution in [2.75, 3.05) is 6.54 Å². The van der Waals surface area contributed by atoms with E-state index in [4.69, 9.17) is 11.6 Å². The number of carbonyl (C=O) groups excluding carboxylic acids is 1. The Morgan fingerprint density at radius 2 is 1.76 bits per heavy atom. The lowest BCUT2D eigenvalue weighted by molar-refractivity contribution is 0.0954. The van der Waals surface area contributed by atoms with Crippen LogP contribution in [-0.2, 0) is 13.0 Å². The van der Waals surface area contributed by atoms with Gasteiger partial charge in [0.2, 0.25) is 0 Å². The zero-order valence-electron chi connectivity index (χ0n) is 15.6. The molecule has 4 aromatic rings. The molecule has 146 valence electrons. The summed E-state index contributed by atoms with van der Waals surface area (Å²) in [5, 5.41) is 3.29. The second-order valence-corrected chi connectivity index (χ2v) is 7.08. The van der Waals surface area contributed by atoms with Crippen LogP contribution in [0.3, 0.4) is 0 Å². The summed E-state index contributed by atoms with van der Waals surface area (Å²) in [5.41, 5.74) is 2.76. The van der Waals surface area contributed by atoms with Gasteiger partial charge in [-0.1, -0.05) is 48.0 Å². The van der Waals surface area contributed by atoms with Crippen LogP contribution < -0.4 is 5.32 Å². The molecule has 0 saturated carbocycles. The van der Waals surface area contributed by atoms with Gasteiger partial charge in [-0.3, -0.25) is 4.79 Å². The normalized spacial score (nSPS) is 11.0. The van der Waals surface area contributed by atoms with Crippen LogP contribution in [0.5, 0.6) is 0 Å². The fraction of sp³-hybridized carbons (Fsp3) is 0.130. The lowest BCUT2D eigenvalue weighted by Crippen LogP contribution is -2.26. The fourth-order valence-corrected chi connectivity index (χ4v) is 3.54. The van der Waals surface area contributed by atoms with Gasteiger partial charge < -0.3 is 9.88 Å². The van der Waals surface area contributed by atoms with Crippen molar-refractivity contribution in [1.29, 1.82) is 0 Å². The van der Waals surface area contributed by atoms with Crippen LogP contribution in [0.15, 0.2) is 72.8 Å². The summed E-state index contributed by atoms with van der Waals surface area (Å²) in [6.07, 6.45) is 0.513. The van der Waals surface area contributed by atoms with Crippen LogP contribution in [-0.4, -0.2) is 22.0 Å². The Bertz CT molecular complexity index is 1140. The molecule has 0 atom stereocenters. The molecule has 4 nitrogen and oxygen atoms in total. The zero-order chi connectivity index (χ0) is 20.2. The van der Waals surface area contributed by atoms with Crippen LogP contribution >= 0.6 is 11.6 Å². The minimum Gasteiger partial charge on any atom is -0.352 e. The highest BCUT2D eigenvalue weighted by molar-refractivity contribution is 6.31. The van der Waals surface area contributed by atoms with Crippen molar-refractivity contribution >= 4 is 28.5 Å². The molecule has 3 aromatic carbocycles. The Morgan fingerprint density at radius 1 is 1.00 bits per heavy atom. The maximum atomic E-state index is 14.3. The van der Waals surface area contributed by atoms with Gasteiger partial charge in [0.05, 0.1) is 17.6 Å². The predicted octanol–water partition coefficient (Wildman–Crippen LogP) is 4.85. The van der Waals surface area contributed by atoms with Gasteiger partial charge >= 0.3 is 0 Å². The average molecular weight is 408 g/mol. The molecular formula is C23H19ClFN3O. The first-order valence-electron chi connectivity index (χ1n) is 9.34. The molecule has 0 radical (unpaired) electrons. The number of benzene rings is 3. The number of carbonyl (C=O) groups is 1. The van der Waals surface area contributed by atoms with E-state index in [-0.39, 0.29) is 18.3 Å². The molecule has 0 aliphatic rings. The highest BCUT2D eigenvalue weighted by Crippen LogP contribution is 2.24. The summed E-state index contributed by atoms with van der Waals surface area (Å²) in [6, 6.07) is 21.4. The zero-order valence-corrected chi connectivity index (χ0v) is 16.4. The SMILES string of the molecule is O=C(NCCc1nc2ccccc2n1Cc1c(F)cccc1Cl)c1ccccc1. The molecule has 1 heterocycles. The van der Waals surface area contributed by atoms with E-state index in [0.717, 1.165) is 16.9 Å². The number of para-hydroxylation sites is 2. The van der Waals surface area contributed by atoms with Crippen LogP contribution in [0.25, 0.3) is 11.0 Å². The van der Waals surface area contributed by atoms with E-state index in [1.807, 2.05) is 47.0 Å². The smallest absolute Gasteiger partial charge is 0.251 e. The molecule has 0 aliphatic carbocycles. The summed E-state index contributed by atoms with van der Waals surface area (Å²) in [6.45, 7) is 0.691. The van der Waals surface area contributed by atoms with Crippen molar-refractivity contribution in [2.45, 2.75) is 13.0 Å². The number of halogens is 2. The van der Waals surface area contributed by atoms with Gasteiger partial charge in [-0.25, -0.2) is 9.37 Å². The molecule has 1 amide bonds. The number of nitrogens with one attached hydrogen (secondary N) is 1. The Morgan fingerprint density at radius 3 is 2.55 bits per heavy atom. The number of nitrogens with zero attached hydrogens (tertiary/aromatic N) is 2. The van der Waals surface area contributed by atoms with Gasteiger partial charge in [-0.05, 0) is 36.4 Å². The number of amides is 1. The number of imidazole rings is 1. The molecule has 0 spiro atoms. The quantitative estimate of drug-likeness (QED) is 0.496. The third kappa shape index (κ3) is 4.15. The molecule has 1 aromatic heterocycles. The van der Waals surface area contributed by atoms with Gasteiger partial charge in [0, 0.05) is 29.1 Å². The summed E-state index contributed by atoms with van der Waals surface area (Å²) in [7, 11) is 0. The Balaban J connectivity index is 1.58. The van der Waals surface area contributed by atoms with Gasteiger partial charge in [-0.15, -0.1) is 0 Å². The van der Waals surface area contributed by atoms with Crippen LogP contribution in [0.4, 0.5) is 4.39 Å². The van der Waals surface area contributed by atoms with E-state index in [0.29, 0.717) is 29.1 Å². The van der Waals surface area contributed by atoms with E-state index >= 15 is 0 Å². The molecule has 1 N–H and O–H groups in total. The molecule has 29 heavy (non-hydrogen) atoms. The van der Waals surface area contributed by atoms with E-state index in [2.05, 4.69) is 10.3 Å². The highest BCUT2D eigenvalue weighted by Gasteiger charge is 2.15. The van der Waals surface area contributed by atoms with Crippen molar-refractivity contribution in [3.8, 4) is 0 Å². The highest BCUT2D eigenvalue weighted by atomic mass is 35.5. The van der Waals surface area contributed by atoms with Gasteiger partial charge in [0.25, 0.3) is 5.91 Å². The average Bonchev–Trinajstić information content (AvgIpc) is 3.08. The number of fused-ring (bicyclic) bond motifs is 1. The third-order valence-electron chi connectivity index (χ3n) is 4.78. The lowest BCUT2D eigenvalue weighted by atomic mass is 10.2. The second kappa shape index (κ2) is 8.45. The molecule has 4 rings (SSSR count). The number of hydrogen-bond acceptors (Lipinski definition) is 2. The first-order chi connectivity index (χ1) is 14.1. The van der Waals surface area contributed by atoms with Crippen LogP contribution in [0.1, 0.15) is 21.7 Å². The minimum atomic E-state index is -0.349. The summed E-state index contributed by atoms with van der Waals surface area (Å²) in [5.74, 6) is 0.280. The topological polar surface area (TPSA) is 46.9 Å².